The average Bonchev–Trinajstić information content (AvgIpc) is 2.75. The zero-order chi connectivity index (χ0) is 13.3. The summed E-state index contributed by atoms with van der Waals surface area (Å²) in [6.45, 7) is 0.664. The van der Waals surface area contributed by atoms with Crippen molar-refractivity contribution in [1.29, 1.82) is 0 Å². The summed E-state index contributed by atoms with van der Waals surface area (Å²) in [6.07, 6.45) is -0.0235. The summed E-state index contributed by atoms with van der Waals surface area (Å²) in [5, 5.41) is 20.2. The van der Waals surface area contributed by atoms with Crippen molar-refractivity contribution in [2.75, 3.05) is 13.1 Å². The van der Waals surface area contributed by atoms with Crippen LogP contribution in [-0.2, 0) is 0 Å². The number of hydrogen-bond donors (Lipinski definition) is 1. The molecule has 96 valence electrons. The zero-order valence-electron chi connectivity index (χ0n) is 9.38. The normalized spacial score (nSPS) is 19.0. The van der Waals surface area contributed by atoms with Crippen LogP contribution in [0.15, 0.2) is 18.2 Å². The molecule has 1 fully saturated rings. The maximum Gasteiger partial charge on any atom is 0.270 e. The Morgan fingerprint density at radius 3 is 2.83 bits per heavy atom. The third-order valence-corrected chi connectivity index (χ3v) is 3.17. The van der Waals surface area contributed by atoms with Crippen molar-refractivity contribution >= 4 is 23.2 Å². The van der Waals surface area contributed by atoms with Crippen molar-refractivity contribution in [2.24, 2.45) is 0 Å². The van der Waals surface area contributed by atoms with Crippen molar-refractivity contribution in [1.82, 2.24) is 4.90 Å². The molecular formula is C11H11ClN2O4. The Kier molecular flexibility index (Phi) is 3.49. The number of nitrogens with zero attached hydrogens (tertiary/aromatic N) is 2. The van der Waals surface area contributed by atoms with Crippen LogP contribution in [0.2, 0.25) is 5.02 Å². The number of carbonyl (C=O) groups excluding carboxylic acids is 1. The van der Waals surface area contributed by atoms with Crippen molar-refractivity contribution in [3.05, 3.63) is 38.9 Å². The minimum Gasteiger partial charge on any atom is -0.391 e. The number of rotatable bonds is 2. The molecule has 2 rings (SSSR count). The maximum absolute atomic E-state index is 12.1. The average molecular weight is 271 g/mol. The van der Waals surface area contributed by atoms with Crippen LogP contribution in [0, 0.1) is 10.1 Å². The molecule has 0 bridgehead atoms. The molecule has 0 aromatic heterocycles. The molecule has 6 nitrogen and oxygen atoms in total. The lowest BCUT2D eigenvalue weighted by atomic mass is 10.2. The van der Waals surface area contributed by atoms with Gasteiger partial charge in [0, 0.05) is 25.2 Å². The summed E-state index contributed by atoms with van der Waals surface area (Å²) in [4.78, 5) is 23.6. The number of nitro groups is 1. The molecule has 1 amide bonds. The first kappa shape index (κ1) is 12.8. The van der Waals surface area contributed by atoms with E-state index < -0.39 is 11.0 Å². The number of likely N-dealkylation sites (tertiary alicyclic amines) is 1. The minimum absolute atomic E-state index is 0.0972. The molecule has 0 saturated carbocycles. The molecule has 0 aliphatic carbocycles. The standard InChI is InChI=1S/C11H11ClN2O4/c12-10-2-1-7(14(17)18)5-9(10)11(16)13-4-3-8(15)6-13/h1-2,5,8,15H,3-4,6H2. The van der Waals surface area contributed by atoms with Gasteiger partial charge in [-0.25, -0.2) is 0 Å². The summed E-state index contributed by atoms with van der Waals surface area (Å²) in [5.41, 5.74) is -0.0811. The molecule has 0 spiro atoms. The van der Waals surface area contributed by atoms with Gasteiger partial charge >= 0.3 is 0 Å². The molecule has 7 heteroatoms. The van der Waals surface area contributed by atoms with Gasteiger partial charge < -0.3 is 10.0 Å². The quantitative estimate of drug-likeness (QED) is 0.651. The van der Waals surface area contributed by atoms with E-state index in [1.54, 1.807) is 0 Å². The second-order valence-corrected chi connectivity index (χ2v) is 4.52. The molecule has 18 heavy (non-hydrogen) atoms. The predicted octanol–water partition coefficient (Wildman–Crippen LogP) is 1.45. The lowest BCUT2D eigenvalue weighted by molar-refractivity contribution is -0.384. The summed E-state index contributed by atoms with van der Waals surface area (Å²) in [7, 11) is 0. The van der Waals surface area contributed by atoms with Gasteiger partial charge in [-0.1, -0.05) is 11.6 Å². The molecule has 1 N–H and O–H groups in total. The molecule has 1 heterocycles. The van der Waals surface area contributed by atoms with Crippen LogP contribution in [0.1, 0.15) is 16.8 Å². The number of β-amino-alcohol motifs (C(OH)–C–C–N with tert-alkyl or cyclic N) is 1. The molecular weight excluding hydrogens is 260 g/mol. The van der Waals surface area contributed by atoms with E-state index in [9.17, 15) is 20.0 Å². The Morgan fingerprint density at radius 1 is 1.56 bits per heavy atom. The molecule has 1 aliphatic rings. The van der Waals surface area contributed by atoms with E-state index in [0.717, 1.165) is 6.07 Å². The number of aliphatic hydroxyl groups excluding tert-OH is 1. The van der Waals surface area contributed by atoms with Gasteiger partial charge in [-0.15, -0.1) is 0 Å². The van der Waals surface area contributed by atoms with Crippen LogP contribution in [0.4, 0.5) is 5.69 Å². The second-order valence-electron chi connectivity index (χ2n) is 4.11. The number of benzene rings is 1. The van der Waals surface area contributed by atoms with Crippen molar-refractivity contribution < 1.29 is 14.8 Å². The van der Waals surface area contributed by atoms with Crippen LogP contribution in [-0.4, -0.2) is 40.0 Å². The first-order valence-electron chi connectivity index (χ1n) is 5.40. The number of hydrogen-bond acceptors (Lipinski definition) is 4. The molecule has 1 unspecified atom stereocenters. The number of amides is 1. The summed E-state index contributed by atoms with van der Waals surface area (Å²) < 4.78 is 0. The Labute approximate surface area is 108 Å². The van der Waals surface area contributed by atoms with Gasteiger partial charge in [-0.05, 0) is 12.5 Å². The van der Waals surface area contributed by atoms with E-state index in [4.69, 9.17) is 11.6 Å². The number of carbonyl (C=O) groups is 1. The van der Waals surface area contributed by atoms with E-state index in [1.165, 1.54) is 17.0 Å². The smallest absolute Gasteiger partial charge is 0.270 e. The highest BCUT2D eigenvalue weighted by Crippen LogP contribution is 2.24. The highest BCUT2D eigenvalue weighted by Gasteiger charge is 2.27. The van der Waals surface area contributed by atoms with E-state index >= 15 is 0 Å². The maximum atomic E-state index is 12.1. The highest BCUT2D eigenvalue weighted by atomic mass is 35.5. The van der Waals surface area contributed by atoms with Crippen LogP contribution in [0.3, 0.4) is 0 Å². The number of halogens is 1. The fourth-order valence-corrected chi connectivity index (χ4v) is 2.09. The van der Waals surface area contributed by atoms with Gasteiger partial charge in [0.2, 0.25) is 0 Å². The lowest BCUT2D eigenvalue weighted by Gasteiger charge is -2.16. The van der Waals surface area contributed by atoms with E-state index in [2.05, 4.69) is 0 Å². The van der Waals surface area contributed by atoms with Crippen molar-refractivity contribution in [3.8, 4) is 0 Å². The van der Waals surface area contributed by atoms with Gasteiger partial charge in [0.25, 0.3) is 11.6 Å². The Morgan fingerprint density at radius 2 is 2.28 bits per heavy atom. The number of nitro benzene ring substituents is 1. The van der Waals surface area contributed by atoms with Gasteiger partial charge in [-0.2, -0.15) is 0 Å². The van der Waals surface area contributed by atoms with E-state index in [-0.39, 0.29) is 28.7 Å². The monoisotopic (exact) mass is 270 g/mol. The summed E-state index contributed by atoms with van der Waals surface area (Å²) >= 11 is 5.88. The van der Waals surface area contributed by atoms with Gasteiger partial charge in [0.1, 0.15) is 0 Å². The largest absolute Gasteiger partial charge is 0.391 e. The van der Waals surface area contributed by atoms with Gasteiger partial charge in [0.15, 0.2) is 0 Å². The second kappa shape index (κ2) is 4.91. The zero-order valence-corrected chi connectivity index (χ0v) is 10.1. The fourth-order valence-electron chi connectivity index (χ4n) is 1.89. The van der Waals surface area contributed by atoms with Crippen LogP contribution >= 0.6 is 11.6 Å². The Hall–Kier alpha value is -1.66. The topological polar surface area (TPSA) is 83.7 Å². The molecule has 1 aliphatic heterocycles. The lowest BCUT2D eigenvalue weighted by Crippen LogP contribution is -2.29. The third-order valence-electron chi connectivity index (χ3n) is 2.84. The predicted molar refractivity (Wildman–Crippen MR) is 64.6 cm³/mol. The fraction of sp³-hybridized carbons (Fsp3) is 0.364. The molecule has 0 radical (unpaired) electrons. The Bertz CT molecular complexity index is 506. The number of aliphatic hydroxyl groups is 1. The van der Waals surface area contributed by atoms with E-state index in [0.29, 0.717) is 13.0 Å². The molecule has 1 aromatic carbocycles. The molecule has 1 saturated heterocycles. The first-order valence-corrected chi connectivity index (χ1v) is 5.78. The van der Waals surface area contributed by atoms with Crippen LogP contribution < -0.4 is 0 Å². The molecule has 1 atom stereocenters. The summed E-state index contributed by atoms with van der Waals surface area (Å²) in [6, 6.07) is 3.74. The van der Waals surface area contributed by atoms with Gasteiger partial charge in [0.05, 0.1) is 21.6 Å². The van der Waals surface area contributed by atoms with Crippen molar-refractivity contribution in [2.45, 2.75) is 12.5 Å². The minimum atomic E-state index is -0.577. The van der Waals surface area contributed by atoms with Crippen molar-refractivity contribution in [3.63, 3.8) is 0 Å². The van der Waals surface area contributed by atoms with Crippen LogP contribution in [0.5, 0.6) is 0 Å². The SMILES string of the molecule is O=C(c1cc([N+](=O)[O-])ccc1Cl)N1CCC(O)C1. The first-order chi connectivity index (χ1) is 8.49. The summed E-state index contributed by atoms with van der Waals surface area (Å²) in [5.74, 6) is -0.389. The molecule has 1 aromatic rings. The number of non-ortho nitro benzene ring substituents is 1. The Balaban J connectivity index is 2.29. The van der Waals surface area contributed by atoms with Gasteiger partial charge in [-0.3, -0.25) is 14.9 Å². The highest BCUT2D eigenvalue weighted by molar-refractivity contribution is 6.33. The van der Waals surface area contributed by atoms with E-state index in [1.807, 2.05) is 0 Å². The van der Waals surface area contributed by atoms with Crippen LogP contribution in [0.25, 0.3) is 0 Å². The third kappa shape index (κ3) is 2.44.